The molecule has 4 rings (SSSR count). The second kappa shape index (κ2) is 6.67. The molecule has 3 heterocycles. The van der Waals surface area contributed by atoms with Gasteiger partial charge in [0, 0.05) is 24.8 Å². The first-order valence-electron chi connectivity index (χ1n) is 8.81. The largest absolute Gasteiger partial charge is 0.357 e. The molecule has 0 amide bonds. The summed E-state index contributed by atoms with van der Waals surface area (Å²) < 4.78 is 5.42. The zero-order valence-electron chi connectivity index (χ0n) is 14.6. The van der Waals surface area contributed by atoms with Gasteiger partial charge in [0.15, 0.2) is 0 Å². The molecule has 0 atom stereocenters. The van der Waals surface area contributed by atoms with Crippen LogP contribution in [0.1, 0.15) is 25.3 Å². The molecule has 1 aliphatic heterocycles. The fourth-order valence-electron chi connectivity index (χ4n) is 3.10. The van der Waals surface area contributed by atoms with Gasteiger partial charge >= 0.3 is 0 Å². The van der Waals surface area contributed by atoms with Crippen LogP contribution in [-0.4, -0.2) is 28.2 Å². The third-order valence-corrected chi connectivity index (χ3v) is 4.84. The minimum Gasteiger partial charge on any atom is -0.357 e. The fraction of sp³-hybridized carbons (Fsp3) is 0.350. The highest BCUT2D eigenvalue weighted by Crippen LogP contribution is 2.25. The van der Waals surface area contributed by atoms with E-state index in [1.807, 2.05) is 42.6 Å². The number of piperidine rings is 1. The van der Waals surface area contributed by atoms with Gasteiger partial charge in [-0.1, -0.05) is 41.9 Å². The SMILES string of the molecule is Cc1ccc(-c2noc(-c3ccc(N4CCC(C)CC4)nc3)n2)cc1. The van der Waals surface area contributed by atoms with Gasteiger partial charge in [-0.3, -0.25) is 0 Å². The van der Waals surface area contributed by atoms with E-state index in [4.69, 9.17) is 4.52 Å². The van der Waals surface area contributed by atoms with E-state index in [-0.39, 0.29) is 0 Å². The van der Waals surface area contributed by atoms with Crippen molar-refractivity contribution in [3.05, 3.63) is 48.2 Å². The third kappa shape index (κ3) is 3.40. The Morgan fingerprint density at radius 3 is 2.40 bits per heavy atom. The molecule has 0 bridgehead atoms. The smallest absolute Gasteiger partial charge is 0.259 e. The second-order valence-electron chi connectivity index (χ2n) is 6.86. The summed E-state index contributed by atoms with van der Waals surface area (Å²) in [7, 11) is 0. The summed E-state index contributed by atoms with van der Waals surface area (Å²) in [6.45, 7) is 6.52. The first-order chi connectivity index (χ1) is 12.2. The second-order valence-corrected chi connectivity index (χ2v) is 6.86. The Morgan fingerprint density at radius 2 is 1.72 bits per heavy atom. The monoisotopic (exact) mass is 334 g/mol. The number of aryl methyl sites for hydroxylation is 1. The summed E-state index contributed by atoms with van der Waals surface area (Å²) in [5, 5.41) is 4.09. The molecule has 5 heteroatoms. The molecular formula is C20H22N4O. The van der Waals surface area contributed by atoms with Crippen molar-refractivity contribution in [2.45, 2.75) is 26.7 Å². The van der Waals surface area contributed by atoms with Crippen LogP contribution in [0.3, 0.4) is 0 Å². The van der Waals surface area contributed by atoms with E-state index < -0.39 is 0 Å². The van der Waals surface area contributed by atoms with E-state index in [9.17, 15) is 0 Å². The molecule has 0 aliphatic carbocycles. The molecule has 0 saturated carbocycles. The summed E-state index contributed by atoms with van der Waals surface area (Å²) in [5.74, 6) is 2.94. The minimum atomic E-state index is 0.502. The lowest BCUT2D eigenvalue weighted by molar-refractivity contribution is 0.431. The van der Waals surface area contributed by atoms with Gasteiger partial charge in [-0.25, -0.2) is 4.98 Å². The lowest BCUT2D eigenvalue weighted by atomic mass is 9.99. The molecule has 0 spiro atoms. The van der Waals surface area contributed by atoms with Crippen molar-refractivity contribution in [3.63, 3.8) is 0 Å². The van der Waals surface area contributed by atoms with Crippen LogP contribution in [-0.2, 0) is 0 Å². The molecule has 5 nitrogen and oxygen atoms in total. The summed E-state index contributed by atoms with van der Waals surface area (Å²) in [4.78, 5) is 11.4. The molecule has 1 fully saturated rings. The van der Waals surface area contributed by atoms with Gasteiger partial charge in [0.05, 0.1) is 5.56 Å². The third-order valence-electron chi connectivity index (χ3n) is 4.84. The standard InChI is InChI=1S/C20H22N4O/c1-14-3-5-16(6-4-14)19-22-20(25-23-19)17-7-8-18(21-13-17)24-11-9-15(2)10-12-24/h3-8,13,15H,9-12H2,1-2H3. The van der Waals surface area contributed by atoms with E-state index in [0.717, 1.165) is 36.0 Å². The van der Waals surface area contributed by atoms with Crippen LogP contribution in [0.2, 0.25) is 0 Å². The van der Waals surface area contributed by atoms with E-state index >= 15 is 0 Å². The average molecular weight is 334 g/mol. The van der Waals surface area contributed by atoms with Crippen molar-refractivity contribution in [1.82, 2.24) is 15.1 Å². The highest BCUT2D eigenvalue weighted by atomic mass is 16.5. The highest BCUT2D eigenvalue weighted by Gasteiger charge is 2.17. The molecule has 25 heavy (non-hydrogen) atoms. The number of pyridine rings is 1. The lowest BCUT2D eigenvalue weighted by Gasteiger charge is -2.31. The molecule has 2 aromatic heterocycles. The predicted octanol–water partition coefficient (Wildman–Crippen LogP) is 4.34. The zero-order valence-corrected chi connectivity index (χ0v) is 14.6. The van der Waals surface area contributed by atoms with Crippen molar-refractivity contribution in [2.75, 3.05) is 18.0 Å². The number of hydrogen-bond donors (Lipinski definition) is 0. The Balaban J connectivity index is 1.51. The van der Waals surface area contributed by atoms with Gasteiger partial charge in [-0.2, -0.15) is 4.98 Å². The maximum Gasteiger partial charge on any atom is 0.259 e. The summed E-state index contributed by atoms with van der Waals surface area (Å²) in [6.07, 6.45) is 4.28. The van der Waals surface area contributed by atoms with Crippen LogP contribution in [0.4, 0.5) is 5.82 Å². The first kappa shape index (κ1) is 15.8. The maximum atomic E-state index is 5.42. The molecule has 3 aromatic rings. The van der Waals surface area contributed by atoms with Gasteiger partial charge in [0.2, 0.25) is 5.82 Å². The Labute approximate surface area is 147 Å². The molecule has 0 radical (unpaired) electrons. The topological polar surface area (TPSA) is 55.1 Å². The van der Waals surface area contributed by atoms with Crippen LogP contribution < -0.4 is 4.90 Å². The number of anilines is 1. The fourth-order valence-corrected chi connectivity index (χ4v) is 3.10. The van der Waals surface area contributed by atoms with Crippen molar-refractivity contribution >= 4 is 5.82 Å². The van der Waals surface area contributed by atoms with Gasteiger partial charge < -0.3 is 9.42 Å². The van der Waals surface area contributed by atoms with Gasteiger partial charge in [-0.15, -0.1) is 0 Å². The number of nitrogens with zero attached hydrogens (tertiary/aromatic N) is 4. The summed E-state index contributed by atoms with van der Waals surface area (Å²) in [6, 6.07) is 12.1. The van der Waals surface area contributed by atoms with Crippen molar-refractivity contribution in [1.29, 1.82) is 0 Å². The Kier molecular flexibility index (Phi) is 4.22. The molecule has 1 aromatic carbocycles. The molecule has 128 valence electrons. The number of rotatable bonds is 3. The average Bonchev–Trinajstić information content (AvgIpc) is 3.13. The van der Waals surface area contributed by atoms with E-state index in [1.54, 1.807) is 0 Å². The summed E-state index contributed by atoms with van der Waals surface area (Å²) >= 11 is 0. The van der Waals surface area contributed by atoms with Gasteiger partial charge in [-0.05, 0) is 37.8 Å². The maximum absolute atomic E-state index is 5.42. The molecule has 1 saturated heterocycles. The number of benzene rings is 1. The minimum absolute atomic E-state index is 0.502. The van der Waals surface area contributed by atoms with E-state index in [1.165, 1.54) is 18.4 Å². The van der Waals surface area contributed by atoms with Crippen molar-refractivity contribution in [3.8, 4) is 22.8 Å². The first-order valence-corrected chi connectivity index (χ1v) is 8.81. The molecule has 1 aliphatic rings. The molecular weight excluding hydrogens is 312 g/mol. The normalized spacial score (nSPS) is 15.5. The molecule has 0 N–H and O–H groups in total. The Hall–Kier alpha value is -2.69. The lowest BCUT2D eigenvalue weighted by Crippen LogP contribution is -2.33. The summed E-state index contributed by atoms with van der Waals surface area (Å²) in [5.41, 5.74) is 3.01. The number of hydrogen-bond acceptors (Lipinski definition) is 5. The molecule has 0 unspecified atom stereocenters. The highest BCUT2D eigenvalue weighted by molar-refractivity contribution is 5.60. The van der Waals surface area contributed by atoms with Gasteiger partial charge in [0.1, 0.15) is 5.82 Å². The van der Waals surface area contributed by atoms with Gasteiger partial charge in [0.25, 0.3) is 5.89 Å². The quantitative estimate of drug-likeness (QED) is 0.713. The predicted molar refractivity (Wildman–Crippen MR) is 98.3 cm³/mol. The van der Waals surface area contributed by atoms with Crippen molar-refractivity contribution in [2.24, 2.45) is 5.92 Å². The number of aromatic nitrogens is 3. The van der Waals surface area contributed by atoms with Crippen LogP contribution in [0.15, 0.2) is 47.1 Å². The van der Waals surface area contributed by atoms with E-state index in [0.29, 0.717) is 11.7 Å². The zero-order chi connectivity index (χ0) is 17.2. The van der Waals surface area contributed by atoms with E-state index in [2.05, 4.69) is 33.9 Å². The van der Waals surface area contributed by atoms with Crippen molar-refractivity contribution < 1.29 is 4.52 Å². The van der Waals surface area contributed by atoms with Crippen LogP contribution in [0.25, 0.3) is 22.8 Å². The Morgan fingerprint density at radius 1 is 1.00 bits per heavy atom. The van der Waals surface area contributed by atoms with Crippen LogP contribution >= 0.6 is 0 Å². The Bertz CT molecular complexity index is 831. The van der Waals surface area contributed by atoms with Crippen LogP contribution in [0, 0.1) is 12.8 Å². The van der Waals surface area contributed by atoms with Crippen LogP contribution in [0.5, 0.6) is 0 Å².